The predicted molar refractivity (Wildman–Crippen MR) is 38.4 cm³/mol. The molecule has 0 aromatic rings. The SMILES string of the molecule is COC(=O)CC(ON)C1CC1. The van der Waals surface area contributed by atoms with Gasteiger partial charge in [0.15, 0.2) is 0 Å². The molecule has 0 saturated heterocycles. The van der Waals surface area contributed by atoms with E-state index in [9.17, 15) is 4.79 Å². The highest BCUT2D eigenvalue weighted by Crippen LogP contribution is 2.35. The van der Waals surface area contributed by atoms with Crippen LogP contribution in [0.25, 0.3) is 0 Å². The van der Waals surface area contributed by atoms with Gasteiger partial charge in [-0.25, -0.2) is 5.90 Å². The molecule has 1 rings (SSSR count). The molecule has 1 atom stereocenters. The molecule has 0 spiro atoms. The van der Waals surface area contributed by atoms with Crippen LogP contribution in [0, 0.1) is 5.92 Å². The number of esters is 1. The van der Waals surface area contributed by atoms with E-state index in [2.05, 4.69) is 9.57 Å². The smallest absolute Gasteiger partial charge is 0.308 e. The van der Waals surface area contributed by atoms with Crippen LogP contribution in [0.2, 0.25) is 0 Å². The lowest BCUT2D eigenvalue weighted by atomic mass is 10.2. The van der Waals surface area contributed by atoms with Crippen LogP contribution in [0.4, 0.5) is 0 Å². The monoisotopic (exact) mass is 159 g/mol. The predicted octanol–water partition coefficient (Wildman–Crippen LogP) is 0.218. The third kappa shape index (κ3) is 2.48. The highest BCUT2D eigenvalue weighted by molar-refractivity contribution is 5.69. The Morgan fingerprint density at radius 2 is 2.36 bits per heavy atom. The molecule has 4 heteroatoms. The maximum atomic E-state index is 10.8. The van der Waals surface area contributed by atoms with Crippen molar-refractivity contribution < 1.29 is 14.4 Å². The number of carbonyl (C=O) groups excluding carboxylic acids is 1. The van der Waals surface area contributed by atoms with Gasteiger partial charge >= 0.3 is 5.97 Å². The van der Waals surface area contributed by atoms with E-state index in [0.29, 0.717) is 5.92 Å². The minimum atomic E-state index is -0.257. The second kappa shape index (κ2) is 3.69. The number of methoxy groups -OCH3 is 1. The van der Waals surface area contributed by atoms with Crippen molar-refractivity contribution >= 4 is 5.97 Å². The standard InChI is InChI=1S/C7H13NO3/c1-10-7(9)4-6(11-8)5-2-3-5/h5-6H,2-4,8H2,1H3. The van der Waals surface area contributed by atoms with Crippen molar-refractivity contribution in [2.45, 2.75) is 25.4 Å². The number of carbonyl (C=O) groups is 1. The van der Waals surface area contributed by atoms with Crippen molar-refractivity contribution in [1.82, 2.24) is 0 Å². The highest BCUT2D eigenvalue weighted by atomic mass is 16.6. The van der Waals surface area contributed by atoms with Crippen LogP contribution in [0.5, 0.6) is 0 Å². The molecule has 1 aliphatic carbocycles. The van der Waals surface area contributed by atoms with Crippen LogP contribution >= 0.6 is 0 Å². The summed E-state index contributed by atoms with van der Waals surface area (Å²) in [6.07, 6.45) is 2.36. The second-order valence-electron chi connectivity index (χ2n) is 2.79. The third-order valence-electron chi connectivity index (χ3n) is 1.92. The first-order valence-electron chi connectivity index (χ1n) is 3.70. The van der Waals surface area contributed by atoms with Crippen molar-refractivity contribution in [2.75, 3.05) is 7.11 Å². The summed E-state index contributed by atoms with van der Waals surface area (Å²) in [4.78, 5) is 15.4. The van der Waals surface area contributed by atoms with E-state index in [-0.39, 0.29) is 18.5 Å². The normalized spacial score (nSPS) is 19.5. The van der Waals surface area contributed by atoms with Gasteiger partial charge in [0.05, 0.1) is 19.6 Å². The van der Waals surface area contributed by atoms with E-state index in [1.807, 2.05) is 0 Å². The number of hydrogen-bond donors (Lipinski definition) is 1. The maximum Gasteiger partial charge on any atom is 0.308 e. The molecule has 0 bridgehead atoms. The van der Waals surface area contributed by atoms with Crippen LogP contribution in [0.3, 0.4) is 0 Å². The van der Waals surface area contributed by atoms with Gasteiger partial charge in [0, 0.05) is 0 Å². The van der Waals surface area contributed by atoms with Crippen LogP contribution in [-0.2, 0) is 14.4 Å². The summed E-state index contributed by atoms with van der Waals surface area (Å²) >= 11 is 0. The van der Waals surface area contributed by atoms with E-state index in [4.69, 9.17) is 5.90 Å². The lowest BCUT2D eigenvalue weighted by Gasteiger charge is -2.10. The van der Waals surface area contributed by atoms with Crippen molar-refractivity contribution in [3.05, 3.63) is 0 Å². The van der Waals surface area contributed by atoms with Gasteiger partial charge in [-0.1, -0.05) is 0 Å². The summed E-state index contributed by atoms with van der Waals surface area (Å²) < 4.78 is 4.49. The van der Waals surface area contributed by atoms with E-state index in [1.165, 1.54) is 7.11 Å². The van der Waals surface area contributed by atoms with Crippen LogP contribution < -0.4 is 5.90 Å². The van der Waals surface area contributed by atoms with Gasteiger partial charge in [0.1, 0.15) is 0 Å². The number of hydrogen-bond acceptors (Lipinski definition) is 4. The Morgan fingerprint density at radius 1 is 1.73 bits per heavy atom. The first-order valence-corrected chi connectivity index (χ1v) is 3.70. The molecule has 1 aliphatic rings. The molecule has 1 saturated carbocycles. The molecule has 2 N–H and O–H groups in total. The van der Waals surface area contributed by atoms with Gasteiger partial charge < -0.3 is 9.57 Å². The van der Waals surface area contributed by atoms with Crippen LogP contribution in [0.1, 0.15) is 19.3 Å². The molecule has 1 fully saturated rings. The van der Waals surface area contributed by atoms with Crippen molar-refractivity contribution in [2.24, 2.45) is 11.8 Å². The van der Waals surface area contributed by atoms with Gasteiger partial charge in [-0.05, 0) is 18.8 Å². The summed E-state index contributed by atoms with van der Waals surface area (Å²) in [6.45, 7) is 0. The first-order chi connectivity index (χ1) is 5.27. The van der Waals surface area contributed by atoms with Crippen LogP contribution in [-0.4, -0.2) is 19.2 Å². The third-order valence-corrected chi connectivity index (χ3v) is 1.92. The topological polar surface area (TPSA) is 61.5 Å². The molecule has 1 unspecified atom stereocenters. The molecule has 0 aliphatic heterocycles. The molecular formula is C7H13NO3. The Balaban J connectivity index is 2.25. The van der Waals surface area contributed by atoms with E-state index in [1.54, 1.807) is 0 Å². The summed E-state index contributed by atoms with van der Waals surface area (Å²) in [7, 11) is 1.36. The summed E-state index contributed by atoms with van der Waals surface area (Å²) in [5.74, 6) is 5.22. The van der Waals surface area contributed by atoms with Crippen LogP contribution in [0.15, 0.2) is 0 Å². The lowest BCUT2D eigenvalue weighted by Crippen LogP contribution is -2.23. The number of rotatable bonds is 4. The fourth-order valence-electron chi connectivity index (χ4n) is 1.04. The Hall–Kier alpha value is -0.610. The molecule has 0 radical (unpaired) electrons. The summed E-state index contributed by atoms with van der Waals surface area (Å²) in [5.41, 5.74) is 0. The lowest BCUT2D eigenvalue weighted by molar-refractivity contribution is -0.144. The van der Waals surface area contributed by atoms with E-state index in [0.717, 1.165) is 12.8 Å². The molecule has 0 heterocycles. The molecule has 0 aromatic carbocycles. The van der Waals surface area contributed by atoms with Gasteiger partial charge in [-0.3, -0.25) is 4.79 Å². The van der Waals surface area contributed by atoms with Crippen molar-refractivity contribution in [3.8, 4) is 0 Å². The first kappa shape index (κ1) is 8.49. The van der Waals surface area contributed by atoms with Gasteiger partial charge in [-0.15, -0.1) is 0 Å². The van der Waals surface area contributed by atoms with E-state index >= 15 is 0 Å². The Bertz CT molecular complexity index is 145. The van der Waals surface area contributed by atoms with Gasteiger partial charge in [0.25, 0.3) is 0 Å². The molecule has 64 valence electrons. The molecule has 0 aromatic heterocycles. The summed E-state index contributed by atoms with van der Waals surface area (Å²) in [5, 5.41) is 0. The summed E-state index contributed by atoms with van der Waals surface area (Å²) in [6, 6.07) is 0. The van der Waals surface area contributed by atoms with Gasteiger partial charge in [-0.2, -0.15) is 0 Å². The zero-order valence-corrected chi connectivity index (χ0v) is 6.58. The molecule has 11 heavy (non-hydrogen) atoms. The molecular weight excluding hydrogens is 146 g/mol. The van der Waals surface area contributed by atoms with Crippen molar-refractivity contribution in [3.63, 3.8) is 0 Å². The average molecular weight is 159 g/mol. The average Bonchev–Trinajstić information content (AvgIpc) is 2.82. The Labute approximate surface area is 65.6 Å². The Kier molecular flexibility index (Phi) is 2.84. The minimum Gasteiger partial charge on any atom is -0.469 e. The molecule has 0 amide bonds. The Morgan fingerprint density at radius 3 is 2.73 bits per heavy atom. The zero-order valence-electron chi connectivity index (χ0n) is 6.58. The fraction of sp³-hybridized carbons (Fsp3) is 0.857. The quantitative estimate of drug-likeness (QED) is 0.470. The number of nitrogens with two attached hydrogens (primary N) is 1. The second-order valence-corrected chi connectivity index (χ2v) is 2.79. The molecule has 4 nitrogen and oxygen atoms in total. The van der Waals surface area contributed by atoms with Crippen molar-refractivity contribution in [1.29, 1.82) is 0 Å². The highest BCUT2D eigenvalue weighted by Gasteiger charge is 2.33. The zero-order chi connectivity index (χ0) is 8.27. The van der Waals surface area contributed by atoms with E-state index < -0.39 is 0 Å². The largest absolute Gasteiger partial charge is 0.469 e. The number of ether oxygens (including phenoxy) is 1. The van der Waals surface area contributed by atoms with Gasteiger partial charge in [0.2, 0.25) is 0 Å². The fourth-order valence-corrected chi connectivity index (χ4v) is 1.04. The minimum absolute atomic E-state index is 0.137. The maximum absolute atomic E-state index is 10.8.